The second-order valence-electron chi connectivity index (χ2n) is 5.38. The van der Waals surface area contributed by atoms with Crippen molar-refractivity contribution in [3.8, 4) is 0 Å². The molecule has 1 aromatic carbocycles. The maximum absolute atomic E-state index is 10.8. The first-order valence-electron chi connectivity index (χ1n) is 7.22. The summed E-state index contributed by atoms with van der Waals surface area (Å²) >= 11 is 0. The lowest BCUT2D eigenvalue weighted by Crippen LogP contribution is -2.32. The van der Waals surface area contributed by atoms with Gasteiger partial charge in [0.2, 0.25) is 11.8 Å². The molecule has 1 fully saturated rings. The van der Waals surface area contributed by atoms with Crippen molar-refractivity contribution >= 4 is 17.5 Å². The van der Waals surface area contributed by atoms with Crippen molar-refractivity contribution in [2.24, 2.45) is 0 Å². The molecule has 0 aliphatic carbocycles. The van der Waals surface area contributed by atoms with Crippen molar-refractivity contribution in [3.63, 3.8) is 0 Å². The van der Waals surface area contributed by atoms with Gasteiger partial charge >= 0.3 is 5.69 Å². The largest absolute Gasteiger partial charge is 0.378 e. The summed E-state index contributed by atoms with van der Waals surface area (Å²) < 4.78 is 0. The second-order valence-corrected chi connectivity index (χ2v) is 5.38. The first-order chi connectivity index (χ1) is 10.6. The smallest absolute Gasteiger partial charge is 0.329 e. The molecule has 7 nitrogen and oxygen atoms in total. The van der Waals surface area contributed by atoms with Crippen LogP contribution in [0.2, 0.25) is 0 Å². The first kappa shape index (κ1) is 14.2. The first-order valence-corrected chi connectivity index (χ1v) is 7.22. The van der Waals surface area contributed by atoms with E-state index in [0.717, 1.165) is 25.8 Å². The van der Waals surface area contributed by atoms with Crippen LogP contribution in [0.15, 0.2) is 36.5 Å². The average molecular weight is 299 g/mol. The summed E-state index contributed by atoms with van der Waals surface area (Å²) in [5.74, 6) is 0.391. The number of nitrogens with two attached hydrogens (primary N) is 1. The van der Waals surface area contributed by atoms with Gasteiger partial charge in [-0.2, -0.15) is 4.98 Å². The third-order valence-corrected chi connectivity index (χ3v) is 3.93. The summed E-state index contributed by atoms with van der Waals surface area (Å²) in [6.07, 6.45) is 4.20. The Hall–Kier alpha value is -2.70. The Balaban J connectivity index is 1.81. The van der Waals surface area contributed by atoms with Crippen LogP contribution in [0.4, 0.5) is 17.5 Å². The molecule has 22 heavy (non-hydrogen) atoms. The zero-order chi connectivity index (χ0) is 15.5. The van der Waals surface area contributed by atoms with E-state index in [0.29, 0.717) is 12.0 Å². The summed E-state index contributed by atoms with van der Waals surface area (Å²) in [7, 11) is 0. The summed E-state index contributed by atoms with van der Waals surface area (Å²) in [6.45, 7) is 0.842. The highest BCUT2D eigenvalue weighted by Crippen LogP contribution is 2.27. The predicted molar refractivity (Wildman–Crippen MR) is 83.6 cm³/mol. The van der Waals surface area contributed by atoms with E-state index >= 15 is 0 Å². The van der Waals surface area contributed by atoms with Crippen LogP contribution < -0.4 is 10.6 Å². The molecule has 3 rings (SSSR count). The van der Waals surface area contributed by atoms with Gasteiger partial charge in [0.15, 0.2) is 0 Å². The molecule has 2 heterocycles. The van der Waals surface area contributed by atoms with Gasteiger partial charge in [-0.3, -0.25) is 10.1 Å². The molecule has 2 aromatic rings. The van der Waals surface area contributed by atoms with E-state index in [1.807, 2.05) is 18.2 Å². The van der Waals surface area contributed by atoms with Gasteiger partial charge in [-0.25, -0.2) is 4.98 Å². The minimum Gasteiger partial charge on any atom is -0.378 e. The molecular formula is C15H17N5O2. The number of aromatic nitrogens is 2. The zero-order valence-corrected chi connectivity index (χ0v) is 12.1. The molecule has 7 heteroatoms. The lowest BCUT2D eigenvalue weighted by atomic mass is 10.0. The molecule has 0 saturated carbocycles. The molecule has 0 unspecified atom stereocenters. The highest BCUT2D eigenvalue weighted by Gasteiger charge is 2.28. The number of benzene rings is 1. The number of hydrogen-bond donors (Lipinski definition) is 1. The molecule has 0 radical (unpaired) electrons. The Morgan fingerprint density at radius 1 is 1.36 bits per heavy atom. The number of anilines is 2. The SMILES string of the molecule is Nc1nc(N2CCC[C@@H]2Cc2ccccc2)ncc1[N+](=O)[O-]. The minimum atomic E-state index is -0.565. The Bertz CT molecular complexity index is 677. The van der Waals surface area contributed by atoms with E-state index in [2.05, 4.69) is 27.0 Å². The molecule has 1 aliphatic heterocycles. The van der Waals surface area contributed by atoms with Gasteiger partial charge in [-0.1, -0.05) is 30.3 Å². The third kappa shape index (κ3) is 2.83. The van der Waals surface area contributed by atoms with Crippen LogP contribution >= 0.6 is 0 Å². The van der Waals surface area contributed by atoms with Crippen LogP contribution in [-0.2, 0) is 6.42 Å². The van der Waals surface area contributed by atoms with E-state index < -0.39 is 4.92 Å². The van der Waals surface area contributed by atoms with Gasteiger partial charge in [-0.15, -0.1) is 0 Å². The number of nitrogens with zero attached hydrogens (tertiary/aromatic N) is 4. The van der Waals surface area contributed by atoms with Gasteiger partial charge in [-0.05, 0) is 24.8 Å². The van der Waals surface area contributed by atoms with Gasteiger partial charge in [0, 0.05) is 12.6 Å². The quantitative estimate of drug-likeness (QED) is 0.686. The van der Waals surface area contributed by atoms with Gasteiger partial charge in [0.05, 0.1) is 4.92 Å². The van der Waals surface area contributed by atoms with Crippen molar-refractivity contribution in [3.05, 3.63) is 52.2 Å². The third-order valence-electron chi connectivity index (χ3n) is 3.93. The molecule has 1 saturated heterocycles. The summed E-state index contributed by atoms with van der Waals surface area (Å²) in [6, 6.07) is 10.5. The number of rotatable bonds is 4. The Labute approximate surface area is 127 Å². The standard InChI is InChI=1S/C15H17N5O2/c16-14-13(20(21)22)10-17-15(18-14)19-8-4-7-12(19)9-11-5-2-1-3-6-11/h1-3,5-6,10,12H,4,7-9H2,(H2,16,17,18)/t12-/m1/s1. The lowest BCUT2D eigenvalue weighted by Gasteiger charge is -2.24. The number of nitro groups is 1. The van der Waals surface area contributed by atoms with Crippen molar-refractivity contribution < 1.29 is 4.92 Å². The summed E-state index contributed by atoms with van der Waals surface area (Å²) in [5.41, 5.74) is 6.68. The van der Waals surface area contributed by atoms with Crippen LogP contribution in [0.5, 0.6) is 0 Å². The fourth-order valence-electron chi connectivity index (χ4n) is 2.86. The summed E-state index contributed by atoms with van der Waals surface area (Å²) in [5, 5.41) is 10.8. The highest BCUT2D eigenvalue weighted by molar-refractivity contribution is 5.54. The average Bonchev–Trinajstić information content (AvgIpc) is 2.96. The van der Waals surface area contributed by atoms with Crippen LogP contribution in [0.1, 0.15) is 18.4 Å². The molecule has 1 aliphatic rings. The molecule has 0 bridgehead atoms. The van der Waals surface area contributed by atoms with Gasteiger partial charge in [0.25, 0.3) is 0 Å². The van der Waals surface area contributed by atoms with Crippen molar-refractivity contribution in [1.29, 1.82) is 0 Å². The number of nitrogen functional groups attached to an aromatic ring is 1. The maximum Gasteiger partial charge on any atom is 0.329 e. The normalized spacial score (nSPS) is 17.6. The van der Waals surface area contributed by atoms with Crippen molar-refractivity contribution in [2.45, 2.75) is 25.3 Å². The zero-order valence-electron chi connectivity index (χ0n) is 12.1. The van der Waals surface area contributed by atoms with Crippen LogP contribution in [0.3, 0.4) is 0 Å². The molecule has 1 aromatic heterocycles. The second kappa shape index (κ2) is 5.97. The Kier molecular flexibility index (Phi) is 3.86. The van der Waals surface area contributed by atoms with Gasteiger partial charge < -0.3 is 10.6 Å². The fraction of sp³-hybridized carbons (Fsp3) is 0.333. The van der Waals surface area contributed by atoms with Crippen molar-refractivity contribution in [2.75, 3.05) is 17.2 Å². The van der Waals surface area contributed by atoms with Crippen molar-refractivity contribution in [1.82, 2.24) is 9.97 Å². The molecule has 1 atom stereocenters. The molecule has 114 valence electrons. The van der Waals surface area contributed by atoms with E-state index in [1.165, 1.54) is 11.8 Å². The van der Waals surface area contributed by atoms with Crippen LogP contribution in [-0.4, -0.2) is 27.5 Å². The predicted octanol–water partition coefficient (Wildman–Crippen LogP) is 2.18. The van der Waals surface area contributed by atoms with E-state index in [4.69, 9.17) is 5.73 Å². The Morgan fingerprint density at radius 3 is 2.82 bits per heavy atom. The minimum absolute atomic E-state index is 0.0830. The summed E-state index contributed by atoms with van der Waals surface area (Å²) in [4.78, 5) is 20.6. The highest BCUT2D eigenvalue weighted by atomic mass is 16.6. The lowest BCUT2D eigenvalue weighted by molar-refractivity contribution is -0.384. The van der Waals surface area contributed by atoms with Crippen LogP contribution in [0, 0.1) is 10.1 Å². The molecule has 0 spiro atoms. The topological polar surface area (TPSA) is 98.2 Å². The maximum atomic E-state index is 10.8. The van der Waals surface area contributed by atoms with E-state index in [9.17, 15) is 10.1 Å². The molecule has 0 amide bonds. The Morgan fingerprint density at radius 2 is 2.14 bits per heavy atom. The number of hydrogen-bond acceptors (Lipinski definition) is 6. The fourth-order valence-corrected chi connectivity index (χ4v) is 2.86. The monoisotopic (exact) mass is 299 g/mol. The van der Waals surface area contributed by atoms with Crippen LogP contribution in [0.25, 0.3) is 0 Å². The van der Waals surface area contributed by atoms with E-state index in [-0.39, 0.29) is 11.5 Å². The van der Waals surface area contributed by atoms with Gasteiger partial charge in [0.1, 0.15) is 6.20 Å². The van der Waals surface area contributed by atoms with E-state index in [1.54, 1.807) is 0 Å². The molecule has 2 N–H and O–H groups in total. The molecular weight excluding hydrogens is 282 g/mol.